The number of hydrogen-bond acceptors (Lipinski definition) is 4. The summed E-state index contributed by atoms with van der Waals surface area (Å²) in [6.45, 7) is 5.55. The van der Waals surface area contributed by atoms with Gasteiger partial charge in [-0.1, -0.05) is 0 Å². The van der Waals surface area contributed by atoms with Crippen molar-refractivity contribution in [2.24, 2.45) is 0 Å². The van der Waals surface area contributed by atoms with Gasteiger partial charge < -0.3 is 9.84 Å². The van der Waals surface area contributed by atoms with Gasteiger partial charge in [-0.2, -0.15) is 0 Å². The molecule has 2 N–H and O–H groups in total. The van der Waals surface area contributed by atoms with E-state index in [1.54, 1.807) is 26.0 Å². The predicted octanol–water partition coefficient (Wildman–Crippen LogP) is 1.05. The number of aliphatic hydroxyl groups is 1. The summed E-state index contributed by atoms with van der Waals surface area (Å²) in [5.41, 5.74) is 0.761. The second-order valence-corrected chi connectivity index (χ2v) is 5.78. The monoisotopic (exact) mass is 273 g/mol. The largest absolute Gasteiger partial charge is 0.494 e. The molecule has 0 unspecified atom stereocenters. The van der Waals surface area contributed by atoms with Crippen LogP contribution in [0.1, 0.15) is 19.4 Å². The highest BCUT2D eigenvalue weighted by molar-refractivity contribution is 7.89. The van der Waals surface area contributed by atoms with Crippen molar-refractivity contribution < 1.29 is 18.3 Å². The minimum atomic E-state index is -3.59. The lowest BCUT2D eigenvalue weighted by atomic mass is 10.2. The molecule has 102 valence electrons. The van der Waals surface area contributed by atoms with Crippen molar-refractivity contribution in [3.05, 3.63) is 23.8 Å². The lowest BCUT2D eigenvalue weighted by molar-refractivity contribution is 0.265. The standard InChI is InChI=1S/C12H19NO4S/c1-4-17-12-6-5-11(7-9(12)2)18(15,16)13-10(3)8-14/h5-7,10,13-14H,4,8H2,1-3H3/t10-/m1/s1. The third-order valence-electron chi connectivity index (χ3n) is 2.39. The van der Waals surface area contributed by atoms with Gasteiger partial charge in [0.1, 0.15) is 5.75 Å². The SMILES string of the molecule is CCOc1ccc(S(=O)(=O)N[C@H](C)CO)cc1C. The molecular formula is C12H19NO4S. The van der Waals surface area contributed by atoms with Crippen molar-refractivity contribution in [2.45, 2.75) is 31.7 Å². The highest BCUT2D eigenvalue weighted by Crippen LogP contribution is 2.21. The predicted molar refractivity (Wildman–Crippen MR) is 69.2 cm³/mol. The average Bonchev–Trinajstić information content (AvgIpc) is 2.31. The molecule has 0 saturated heterocycles. The molecule has 0 aliphatic heterocycles. The number of hydrogen-bond donors (Lipinski definition) is 2. The number of sulfonamides is 1. The fraction of sp³-hybridized carbons (Fsp3) is 0.500. The van der Waals surface area contributed by atoms with E-state index in [0.717, 1.165) is 5.56 Å². The molecule has 0 bridgehead atoms. The molecule has 0 fully saturated rings. The number of ether oxygens (including phenoxy) is 1. The van der Waals surface area contributed by atoms with Crippen molar-refractivity contribution >= 4 is 10.0 Å². The van der Waals surface area contributed by atoms with E-state index >= 15 is 0 Å². The molecular weight excluding hydrogens is 254 g/mol. The van der Waals surface area contributed by atoms with Crippen LogP contribution in [0.4, 0.5) is 0 Å². The molecule has 1 aromatic carbocycles. The number of rotatable bonds is 6. The lowest BCUT2D eigenvalue weighted by Crippen LogP contribution is -2.35. The van der Waals surface area contributed by atoms with Crippen LogP contribution in [0.5, 0.6) is 5.75 Å². The normalized spacial score (nSPS) is 13.3. The minimum Gasteiger partial charge on any atom is -0.494 e. The Morgan fingerprint density at radius 2 is 2.11 bits per heavy atom. The number of nitrogens with one attached hydrogen (secondary N) is 1. The maximum atomic E-state index is 12.0. The first-order valence-corrected chi connectivity index (χ1v) is 7.25. The summed E-state index contributed by atoms with van der Waals surface area (Å²) in [5, 5.41) is 8.87. The second kappa shape index (κ2) is 6.17. The molecule has 1 aromatic rings. The van der Waals surface area contributed by atoms with Crippen LogP contribution in [0.25, 0.3) is 0 Å². The van der Waals surface area contributed by atoms with Gasteiger partial charge >= 0.3 is 0 Å². The molecule has 0 radical (unpaired) electrons. The summed E-state index contributed by atoms with van der Waals surface area (Å²) in [7, 11) is -3.59. The second-order valence-electron chi connectivity index (χ2n) is 4.07. The molecule has 0 heterocycles. The van der Waals surface area contributed by atoms with E-state index in [2.05, 4.69) is 4.72 Å². The van der Waals surface area contributed by atoms with Crippen LogP contribution in [-0.4, -0.2) is 32.8 Å². The fourth-order valence-electron chi connectivity index (χ4n) is 1.48. The number of benzene rings is 1. The fourth-order valence-corrected chi connectivity index (χ4v) is 2.80. The Labute approximate surface area is 108 Å². The van der Waals surface area contributed by atoms with E-state index in [1.165, 1.54) is 6.07 Å². The van der Waals surface area contributed by atoms with Crippen LogP contribution in [0, 0.1) is 6.92 Å². The van der Waals surface area contributed by atoms with E-state index < -0.39 is 16.1 Å². The molecule has 18 heavy (non-hydrogen) atoms. The molecule has 6 heteroatoms. The summed E-state index contributed by atoms with van der Waals surface area (Å²) in [6.07, 6.45) is 0. The highest BCUT2D eigenvalue weighted by Gasteiger charge is 2.17. The van der Waals surface area contributed by atoms with E-state index in [-0.39, 0.29) is 11.5 Å². The summed E-state index contributed by atoms with van der Waals surface area (Å²) in [4.78, 5) is 0.170. The van der Waals surface area contributed by atoms with Crippen molar-refractivity contribution in [3.63, 3.8) is 0 Å². The molecule has 0 amide bonds. The van der Waals surface area contributed by atoms with Gasteiger partial charge in [0.25, 0.3) is 0 Å². The zero-order valence-corrected chi connectivity index (χ0v) is 11.6. The maximum absolute atomic E-state index is 12.0. The molecule has 0 aliphatic rings. The average molecular weight is 273 g/mol. The first kappa shape index (κ1) is 14.9. The van der Waals surface area contributed by atoms with E-state index in [4.69, 9.17) is 9.84 Å². The number of aliphatic hydroxyl groups excluding tert-OH is 1. The third-order valence-corrected chi connectivity index (χ3v) is 3.97. The molecule has 1 rings (SSSR count). The van der Waals surface area contributed by atoms with Gasteiger partial charge in [0.05, 0.1) is 18.1 Å². The Balaban J connectivity index is 3.00. The summed E-state index contributed by atoms with van der Waals surface area (Å²) < 4.78 is 31.7. The molecule has 0 spiro atoms. The first-order valence-electron chi connectivity index (χ1n) is 5.77. The molecule has 0 aliphatic carbocycles. The summed E-state index contributed by atoms with van der Waals surface area (Å²) in [5.74, 6) is 0.673. The Kier molecular flexibility index (Phi) is 5.13. The molecule has 1 atom stereocenters. The van der Waals surface area contributed by atoms with Crippen LogP contribution in [0.15, 0.2) is 23.1 Å². The third kappa shape index (κ3) is 3.69. The topological polar surface area (TPSA) is 75.6 Å². The summed E-state index contributed by atoms with van der Waals surface area (Å²) in [6, 6.07) is 4.17. The van der Waals surface area contributed by atoms with Gasteiger partial charge in [-0.15, -0.1) is 0 Å². The lowest BCUT2D eigenvalue weighted by Gasteiger charge is -2.13. The van der Waals surface area contributed by atoms with Crippen molar-refractivity contribution in [1.82, 2.24) is 4.72 Å². The maximum Gasteiger partial charge on any atom is 0.240 e. The van der Waals surface area contributed by atoms with Gasteiger partial charge in [-0.05, 0) is 44.5 Å². The van der Waals surface area contributed by atoms with Crippen LogP contribution in [0.3, 0.4) is 0 Å². The quantitative estimate of drug-likeness (QED) is 0.812. The Morgan fingerprint density at radius 1 is 1.44 bits per heavy atom. The van der Waals surface area contributed by atoms with Crippen LogP contribution in [-0.2, 0) is 10.0 Å². The van der Waals surface area contributed by atoms with E-state index in [0.29, 0.717) is 12.4 Å². The van der Waals surface area contributed by atoms with Crippen molar-refractivity contribution in [3.8, 4) is 5.75 Å². The van der Waals surface area contributed by atoms with Crippen molar-refractivity contribution in [1.29, 1.82) is 0 Å². The molecule has 5 nitrogen and oxygen atoms in total. The van der Waals surface area contributed by atoms with Gasteiger partial charge in [-0.3, -0.25) is 0 Å². The Bertz CT molecular complexity index is 499. The van der Waals surface area contributed by atoms with Crippen molar-refractivity contribution in [2.75, 3.05) is 13.2 Å². The highest BCUT2D eigenvalue weighted by atomic mass is 32.2. The Morgan fingerprint density at radius 3 is 2.61 bits per heavy atom. The zero-order valence-electron chi connectivity index (χ0n) is 10.8. The van der Waals surface area contributed by atoms with Gasteiger partial charge in [0.2, 0.25) is 10.0 Å². The summed E-state index contributed by atoms with van der Waals surface area (Å²) >= 11 is 0. The molecule has 0 aromatic heterocycles. The van der Waals surface area contributed by atoms with Crippen LogP contribution < -0.4 is 9.46 Å². The minimum absolute atomic E-state index is 0.170. The van der Waals surface area contributed by atoms with Gasteiger partial charge in [0, 0.05) is 6.04 Å². The Hall–Kier alpha value is -1.11. The smallest absolute Gasteiger partial charge is 0.240 e. The van der Waals surface area contributed by atoms with E-state index in [1.807, 2.05) is 6.92 Å². The van der Waals surface area contributed by atoms with E-state index in [9.17, 15) is 8.42 Å². The number of aryl methyl sites for hydroxylation is 1. The van der Waals surface area contributed by atoms with Crippen LogP contribution >= 0.6 is 0 Å². The van der Waals surface area contributed by atoms with Gasteiger partial charge in [-0.25, -0.2) is 13.1 Å². The van der Waals surface area contributed by atoms with Gasteiger partial charge in [0.15, 0.2) is 0 Å². The first-order chi connectivity index (χ1) is 8.40. The molecule has 0 saturated carbocycles. The van der Waals surface area contributed by atoms with Crippen LogP contribution in [0.2, 0.25) is 0 Å². The zero-order chi connectivity index (χ0) is 13.8.